The third-order valence-electron chi connectivity index (χ3n) is 3.30. The minimum absolute atomic E-state index is 0.0484. The molecule has 4 nitrogen and oxygen atoms in total. The van der Waals surface area contributed by atoms with Crippen molar-refractivity contribution in [3.05, 3.63) is 0 Å². The molecule has 0 radical (unpaired) electrons. The summed E-state index contributed by atoms with van der Waals surface area (Å²) < 4.78 is 9.45. The second kappa shape index (κ2) is 4.64. The highest BCUT2D eigenvalue weighted by Gasteiger charge is 2.40. The van der Waals surface area contributed by atoms with Gasteiger partial charge in [0.15, 0.2) is 0 Å². The molecule has 0 amide bonds. The SMILES string of the molecule is COC(=O)[C@H]1CC[C@](C)(C(=O)OC)CC1. The summed E-state index contributed by atoms with van der Waals surface area (Å²) >= 11 is 0. The number of carbonyl (C=O) groups excluding carboxylic acids is 2. The topological polar surface area (TPSA) is 52.6 Å². The first-order valence-corrected chi connectivity index (χ1v) is 5.20. The number of ether oxygens (including phenoxy) is 2. The molecule has 0 atom stereocenters. The van der Waals surface area contributed by atoms with Gasteiger partial charge in [0.1, 0.15) is 0 Å². The van der Waals surface area contributed by atoms with E-state index in [4.69, 9.17) is 4.74 Å². The van der Waals surface area contributed by atoms with Gasteiger partial charge in [0.05, 0.1) is 25.6 Å². The molecule has 0 saturated heterocycles. The van der Waals surface area contributed by atoms with Crippen LogP contribution in [0.1, 0.15) is 32.6 Å². The Hall–Kier alpha value is -1.06. The summed E-state index contributed by atoms with van der Waals surface area (Å²) in [7, 11) is 2.80. The molecule has 0 bridgehead atoms. The van der Waals surface area contributed by atoms with Gasteiger partial charge in [-0.3, -0.25) is 9.59 Å². The van der Waals surface area contributed by atoms with E-state index < -0.39 is 5.41 Å². The Labute approximate surface area is 89.9 Å². The first kappa shape index (κ1) is 12.0. The minimum Gasteiger partial charge on any atom is -0.469 e. The average Bonchev–Trinajstić information content (AvgIpc) is 2.28. The van der Waals surface area contributed by atoms with Crippen molar-refractivity contribution in [3.63, 3.8) is 0 Å². The lowest BCUT2D eigenvalue weighted by Crippen LogP contribution is -2.35. The Balaban J connectivity index is 2.55. The quantitative estimate of drug-likeness (QED) is 0.654. The van der Waals surface area contributed by atoms with Crippen molar-refractivity contribution < 1.29 is 19.1 Å². The summed E-state index contributed by atoms with van der Waals surface area (Å²) in [6.45, 7) is 1.90. The summed E-state index contributed by atoms with van der Waals surface area (Å²) in [4.78, 5) is 22.8. The summed E-state index contributed by atoms with van der Waals surface area (Å²) in [6, 6.07) is 0. The molecule has 0 spiro atoms. The predicted molar refractivity (Wildman–Crippen MR) is 54.1 cm³/mol. The number of carbonyl (C=O) groups is 2. The molecule has 1 saturated carbocycles. The van der Waals surface area contributed by atoms with E-state index in [0.29, 0.717) is 25.7 Å². The predicted octanol–water partition coefficient (Wildman–Crippen LogP) is 1.53. The minimum atomic E-state index is -0.417. The molecule has 15 heavy (non-hydrogen) atoms. The van der Waals surface area contributed by atoms with Crippen molar-refractivity contribution in [3.8, 4) is 0 Å². The third-order valence-corrected chi connectivity index (χ3v) is 3.30. The number of hydrogen-bond acceptors (Lipinski definition) is 4. The van der Waals surface area contributed by atoms with E-state index in [1.54, 1.807) is 0 Å². The maximum Gasteiger partial charge on any atom is 0.311 e. The largest absolute Gasteiger partial charge is 0.469 e. The number of esters is 2. The highest BCUT2D eigenvalue weighted by atomic mass is 16.5. The van der Waals surface area contributed by atoms with Crippen LogP contribution in [0.2, 0.25) is 0 Å². The Morgan fingerprint density at radius 3 is 2.07 bits per heavy atom. The second-order valence-electron chi connectivity index (χ2n) is 4.35. The maximum atomic E-state index is 11.5. The van der Waals surface area contributed by atoms with E-state index in [2.05, 4.69) is 4.74 Å². The van der Waals surface area contributed by atoms with Crippen molar-refractivity contribution in [1.29, 1.82) is 0 Å². The fourth-order valence-corrected chi connectivity index (χ4v) is 2.11. The third kappa shape index (κ3) is 2.49. The molecule has 1 aliphatic carbocycles. The normalized spacial score (nSPS) is 30.7. The molecule has 0 unspecified atom stereocenters. The zero-order valence-electron chi connectivity index (χ0n) is 9.54. The van der Waals surface area contributed by atoms with E-state index in [1.165, 1.54) is 14.2 Å². The first-order valence-electron chi connectivity index (χ1n) is 5.20. The molecule has 1 fully saturated rings. The van der Waals surface area contributed by atoms with Gasteiger partial charge >= 0.3 is 11.9 Å². The van der Waals surface area contributed by atoms with Crippen molar-refractivity contribution in [1.82, 2.24) is 0 Å². The van der Waals surface area contributed by atoms with E-state index in [-0.39, 0.29) is 17.9 Å². The van der Waals surface area contributed by atoms with Gasteiger partial charge in [0.25, 0.3) is 0 Å². The van der Waals surface area contributed by atoms with Crippen LogP contribution in [0, 0.1) is 11.3 Å². The van der Waals surface area contributed by atoms with Crippen LogP contribution >= 0.6 is 0 Å². The van der Waals surface area contributed by atoms with Gasteiger partial charge in [-0.05, 0) is 32.6 Å². The monoisotopic (exact) mass is 214 g/mol. The molecule has 1 rings (SSSR count). The van der Waals surface area contributed by atoms with E-state index in [1.807, 2.05) is 6.92 Å². The van der Waals surface area contributed by atoms with Crippen LogP contribution in [0.15, 0.2) is 0 Å². The summed E-state index contributed by atoms with van der Waals surface area (Å²) in [5.74, 6) is -0.388. The van der Waals surface area contributed by atoms with Crippen molar-refractivity contribution in [2.45, 2.75) is 32.6 Å². The Morgan fingerprint density at radius 2 is 1.67 bits per heavy atom. The molecule has 0 aromatic heterocycles. The van der Waals surface area contributed by atoms with Gasteiger partial charge in [-0.25, -0.2) is 0 Å². The zero-order valence-corrected chi connectivity index (χ0v) is 9.54. The lowest BCUT2D eigenvalue weighted by Gasteiger charge is -2.33. The fraction of sp³-hybridized carbons (Fsp3) is 0.818. The molecule has 4 heteroatoms. The smallest absolute Gasteiger partial charge is 0.311 e. The molecule has 0 aromatic rings. The average molecular weight is 214 g/mol. The molecule has 86 valence electrons. The molecule has 1 aliphatic rings. The van der Waals surface area contributed by atoms with E-state index in [0.717, 1.165) is 0 Å². The van der Waals surface area contributed by atoms with Gasteiger partial charge in [-0.1, -0.05) is 0 Å². The van der Waals surface area contributed by atoms with Crippen molar-refractivity contribution >= 4 is 11.9 Å². The van der Waals surface area contributed by atoms with E-state index in [9.17, 15) is 9.59 Å². The lowest BCUT2D eigenvalue weighted by atomic mass is 9.72. The van der Waals surface area contributed by atoms with Gasteiger partial charge in [0.2, 0.25) is 0 Å². The van der Waals surface area contributed by atoms with Gasteiger partial charge < -0.3 is 9.47 Å². The van der Waals surface area contributed by atoms with Crippen LogP contribution in [0.5, 0.6) is 0 Å². The molecular formula is C11H18O4. The second-order valence-corrected chi connectivity index (χ2v) is 4.35. The van der Waals surface area contributed by atoms with Crippen LogP contribution in [0.4, 0.5) is 0 Å². The van der Waals surface area contributed by atoms with Crippen LogP contribution in [-0.4, -0.2) is 26.2 Å². The van der Waals surface area contributed by atoms with Gasteiger partial charge in [-0.2, -0.15) is 0 Å². The Morgan fingerprint density at radius 1 is 1.13 bits per heavy atom. The number of methoxy groups -OCH3 is 2. The summed E-state index contributed by atoms with van der Waals surface area (Å²) in [6.07, 6.45) is 2.80. The van der Waals surface area contributed by atoms with Gasteiger partial charge in [0, 0.05) is 0 Å². The van der Waals surface area contributed by atoms with Gasteiger partial charge in [-0.15, -0.1) is 0 Å². The van der Waals surface area contributed by atoms with Crippen LogP contribution < -0.4 is 0 Å². The zero-order chi connectivity index (χ0) is 11.5. The van der Waals surface area contributed by atoms with E-state index >= 15 is 0 Å². The summed E-state index contributed by atoms with van der Waals surface area (Å²) in [5.41, 5.74) is -0.417. The van der Waals surface area contributed by atoms with Crippen molar-refractivity contribution in [2.24, 2.45) is 11.3 Å². The van der Waals surface area contributed by atoms with Crippen molar-refractivity contribution in [2.75, 3.05) is 14.2 Å². The number of rotatable bonds is 2. The molecular weight excluding hydrogens is 196 g/mol. The highest BCUT2D eigenvalue weighted by molar-refractivity contribution is 5.77. The van der Waals surface area contributed by atoms with Crippen LogP contribution in [0.3, 0.4) is 0 Å². The lowest BCUT2D eigenvalue weighted by molar-refractivity contribution is -0.157. The first-order chi connectivity index (χ1) is 7.03. The fourth-order valence-electron chi connectivity index (χ4n) is 2.11. The molecule has 0 heterocycles. The molecule has 0 N–H and O–H groups in total. The summed E-state index contributed by atoms with van der Waals surface area (Å²) in [5, 5.41) is 0. The van der Waals surface area contributed by atoms with Crippen LogP contribution in [-0.2, 0) is 19.1 Å². The Kier molecular flexibility index (Phi) is 3.72. The molecule has 0 aromatic carbocycles. The van der Waals surface area contributed by atoms with Crippen LogP contribution in [0.25, 0.3) is 0 Å². The number of hydrogen-bond donors (Lipinski definition) is 0. The Bertz CT molecular complexity index is 251. The highest BCUT2D eigenvalue weighted by Crippen LogP contribution is 2.39. The maximum absolute atomic E-state index is 11.5. The standard InChI is InChI=1S/C11H18O4/c1-11(10(13)15-3)6-4-8(5-7-11)9(12)14-2/h8H,4-7H2,1-3H3/t8-,11-. The molecule has 0 aliphatic heterocycles.